The van der Waals surface area contributed by atoms with Crippen LogP contribution in [0.5, 0.6) is 5.75 Å². The van der Waals surface area contributed by atoms with Crippen LogP contribution in [0.1, 0.15) is 89.8 Å². The predicted molar refractivity (Wildman–Crippen MR) is 149 cm³/mol. The molecule has 3 amide bonds. The molecule has 2 unspecified atom stereocenters. The smallest absolute Gasteiger partial charge is 0.408 e. The van der Waals surface area contributed by atoms with Crippen LogP contribution in [0.15, 0.2) is 18.2 Å². The lowest BCUT2D eigenvalue weighted by Crippen LogP contribution is -2.54. The van der Waals surface area contributed by atoms with Crippen molar-refractivity contribution in [2.45, 2.75) is 103 Å². The van der Waals surface area contributed by atoms with Crippen molar-refractivity contribution in [1.29, 1.82) is 0 Å². The molecule has 8 nitrogen and oxygen atoms in total. The van der Waals surface area contributed by atoms with Crippen molar-refractivity contribution in [3.63, 3.8) is 0 Å². The van der Waals surface area contributed by atoms with Crippen molar-refractivity contribution >= 4 is 29.7 Å². The number of aryl methyl sites for hydroxylation is 1. The van der Waals surface area contributed by atoms with Gasteiger partial charge >= 0.3 is 6.09 Å². The van der Waals surface area contributed by atoms with Crippen molar-refractivity contribution in [3.05, 3.63) is 29.3 Å². The van der Waals surface area contributed by atoms with Crippen LogP contribution < -0.4 is 10.6 Å². The number of benzene rings is 1. The first kappa shape index (κ1) is 30.8. The molecule has 0 spiro atoms. The van der Waals surface area contributed by atoms with Crippen molar-refractivity contribution in [2.75, 3.05) is 18.6 Å². The number of phenolic OH excluding ortho intramolecular Hbond substituents is 1. The summed E-state index contributed by atoms with van der Waals surface area (Å²) >= 11 is 1.58. The Kier molecular flexibility index (Phi) is 12.1. The number of hydrogen-bond acceptors (Lipinski definition) is 6. The van der Waals surface area contributed by atoms with Gasteiger partial charge in [0.05, 0.1) is 0 Å². The van der Waals surface area contributed by atoms with Crippen LogP contribution in [0.25, 0.3) is 0 Å². The minimum atomic E-state index is -0.883. The number of ether oxygens (including phenoxy) is 1. The topological polar surface area (TPSA) is 108 Å². The van der Waals surface area contributed by atoms with Gasteiger partial charge in [-0.25, -0.2) is 4.79 Å². The number of nitrogens with zero attached hydrogens (tertiary/aromatic N) is 1. The first-order chi connectivity index (χ1) is 17.5. The van der Waals surface area contributed by atoms with Gasteiger partial charge in [-0.1, -0.05) is 32.3 Å². The second-order valence-electron chi connectivity index (χ2n) is 10.8. The van der Waals surface area contributed by atoms with Gasteiger partial charge < -0.3 is 25.4 Å². The van der Waals surface area contributed by atoms with Gasteiger partial charge in [-0.15, -0.1) is 0 Å². The van der Waals surface area contributed by atoms with Gasteiger partial charge in [0.1, 0.15) is 23.4 Å². The average Bonchev–Trinajstić information content (AvgIpc) is 2.82. The first-order valence-corrected chi connectivity index (χ1v) is 14.7. The van der Waals surface area contributed by atoms with E-state index in [4.69, 9.17) is 4.74 Å². The highest BCUT2D eigenvalue weighted by atomic mass is 32.2. The summed E-state index contributed by atoms with van der Waals surface area (Å²) < 4.78 is 5.43. The normalized spacial score (nSPS) is 15.9. The molecule has 0 aliphatic heterocycles. The molecule has 3 N–H and O–H groups in total. The van der Waals surface area contributed by atoms with E-state index in [0.717, 1.165) is 25.7 Å². The van der Waals surface area contributed by atoms with E-state index in [1.54, 1.807) is 62.6 Å². The molecule has 208 valence electrons. The fraction of sp³-hybridized carbons (Fsp3) is 0.679. The van der Waals surface area contributed by atoms with Gasteiger partial charge in [0.2, 0.25) is 11.8 Å². The standard InChI is InChI=1S/C28H45N3O5S/c1-7-16-31(26(34)22(15-17-37-6)30-27(35)36-28(3,4)5)24(20-13-14-23(32)19(2)18-20)25(33)29-21-11-9-8-10-12-21/h13-14,18,21-22,24,32H,7-12,15-17H2,1-6H3,(H,29,33)(H,30,35). The molecular weight excluding hydrogens is 490 g/mol. The monoisotopic (exact) mass is 535 g/mol. The van der Waals surface area contributed by atoms with E-state index in [9.17, 15) is 19.5 Å². The summed E-state index contributed by atoms with van der Waals surface area (Å²) in [5, 5.41) is 16.1. The van der Waals surface area contributed by atoms with Crippen LogP contribution in [0.4, 0.5) is 4.79 Å². The number of aromatic hydroxyl groups is 1. The van der Waals surface area contributed by atoms with E-state index in [1.807, 2.05) is 13.2 Å². The van der Waals surface area contributed by atoms with Crippen molar-refractivity contribution in [1.82, 2.24) is 15.5 Å². The van der Waals surface area contributed by atoms with Gasteiger partial charge in [0.15, 0.2) is 0 Å². The summed E-state index contributed by atoms with van der Waals surface area (Å²) in [5.41, 5.74) is 0.556. The summed E-state index contributed by atoms with van der Waals surface area (Å²) in [6, 6.07) is 3.37. The van der Waals surface area contributed by atoms with Crippen LogP contribution in [0, 0.1) is 6.92 Å². The number of alkyl carbamates (subject to hydrolysis) is 1. The maximum absolute atomic E-state index is 14.0. The molecule has 0 heterocycles. The van der Waals surface area contributed by atoms with Gasteiger partial charge in [-0.05, 0) is 88.6 Å². The molecule has 1 aromatic carbocycles. The molecule has 1 fully saturated rings. The Morgan fingerprint density at radius 3 is 2.43 bits per heavy atom. The highest BCUT2D eigenvalue weighted by Gasteiger charge is 2.36. The fourth-order valence-electron chi connectivity index (χ4n) is 4.60. The molecule has 1 aliphatic carbocycles. The van der Waals surface area contributed by atoms with Crippen LogP contribution >= 0.6 is 11.8 Å². The maximum atomic E-state index is 14.0. The first-order valence-electron chi connectivity index (χ1n) is 13.4. The number of amides is 3. The Labute approximate surface area is 226 Å². The molecule has 0 radical (unpaired) electrons. The second-order valence-corrected chi connectivity index (χ2v) is 11.8. The number of hydrogen-bond donors (Lipinski definition) is 3. The largest absolute Gasteiger partial charge is 0.508 e. The Morgan fingerprint density at radius 1 is 1.19 bits per heavy atom. The Hall–Kier alpha value is -2.42. The lowest BCUT2D eigenvalue weighted by molar-refractivity contribution is -0.143. The molecule has 0 bridgehead atoms. The summed E-state index contributed by atoms with van der Waals surface area (Å²) in [6.07, 6.45) is 7.48. The molecule has 37 heavy (non-hydrogen) atoms. The highest BCUT2D eigenvalue weighted by molar-refractivity contribution is 7.98. The van der Waals surface area contributed by atoms with E-state index in [0.29, 0.717) is 36.3 Å². The highest BCUT2D eigenvalue weighted by Crippen LogP contribution is 2.28. The number of rotatable bonds is 11. The molecule has 2 rings (SSSR count). The molecular formula is C28H45N3O5S. The number of thioether (sulfide) groups is 1. The zero-order chi connectivity index (χ0) is 27.6. The Bertz CT molecular complexity index is 912. The summed E-state index contributed by atoms with van der Waals surface area (Å²) in [4.78, 5) is 42.0. The van der Waals surface area contributed by atoms with E-state index in [1.165, 1.54) is 6.42 Å². The van der Waals surface area contributed by atoms with Gasteiger partial charge in [0.25, 0.3) is 0 Å². The quantitative estimate of drug-likeness (QED) is 0.365. The van der Waals surface area contributed by atoms with Crippen molar-refractivity contribution in [2.24, 2.45) is 0 Å². The van der Waals surface area contributed by atoms with Crippen LogP contribution in [0.2, 0.25) is 0 Å². The van der Waals surface area contributed by atoms with E-state index >= 15 is 0 Å². The lowest BCUT2D eigenvalue weighted by Gasteiger charge is -2.35. The minimum absolute atomic E-state index is 0.0766. The average molecular weight is 536 g/mol. The predicted octanol–water partition coefficient (Wildman–Crippen LogP) is 5.08. The maximum Gasteiger partial charge on any atom is 0.408 e. The molecule has 1 aliphatic rings. The third kappa shape index (κ3) is 9.76. The number of phenols is 1. The van der Waals surface area contributed by atoms with Gasteiger partial charge in [-0.3, -0.25) is 9.59 Å². The third-order valence-corrected chi connectivity index (χ3v) is 7.04. The van der Waals surface area contributed by atoms with E-state index in [-0.39, 0.29) is 23.6 Å². The number of nitrogens with one attached hydrogen (secondary N) is 2. The number of carbonyl (C=O) groups is 3. The lowest BCUT2D eigenvalue weighted by atomic mass is 9.94. The Morgan fingerprint density at radius 2 is 1.86 bits per heavy atom. The fourth-order valence-corrected chi connectivity index (χ4v) is 5.07. The van der Waals surface area contributed by atoms with Crippen LogP contribution in [0.3, 0.4) is 0 Å². The van der Waals surface area contributed by atoms with Crippen LogP contribution in [-0.2, 0) is 14.3 Å². The minimum Gasteiger partial charge on any atom is -0.508 e. The third-order valence-electron chi connectivity index (χ3n) is 6.40. The second kappa shape index (κ2) is 14.5. The van der Waals surface area contributed by atoms with E-state index in [2.05, 4.69) is 10.6 Å². The van der Waals surface area contributed by atoms with Crippen molar-refractivity contribution < 1.29 is 24.2 Å². The van der Waals surface area contributed by atoms with Gasteiger partial charge in [-0.2, -0.15) is 11.8 Å². The molecule has 1 saturated carbocycles. The summed E-state index contributed by atoms with van der Waals surface area (Å²) in [7, 11) is 0. The van der Waals surface area contributed by atoms with E-state index < -0.39 is 23.8 Å². The summed E-state index contributed by atoms with van der Waals surface area (Å²) in [6.45, 7) is 9.38. The Balaban J connectivity index is 2.43. The zero-order valence-electron chi connectivity index (χ0n) is 23.3. The SMILES string of the molecule is CCCN(C(=O)C(CCSC)NC(=O)OC(C)(C)C)C(C(=O)NC1CCCCC1)c1ccc(O)c(C)c1. The molecule has 0 aromatic heterocycles. The molecule has 2 atom stereocenters. The van der Waals surface area contributed by atoms with Crippen LogP contribution in [-0.4, -0.2) is 64.2 Å². The number of carbonyl (C=O) groups excluding carboxylic acids is 3. The molecule has 1 aromatic rings. The van der Waals surface area contributed by atoms with Crippen molar-refractivity contribution in [3.8, 4) is 5.75 Å². The van der Waals surface area contributed by atoms with Gasteiger partial charge in [0, 0.05) is 12.6 Å². The zero-order valence-corrected chi connectivity index (χ0v) is 24.1. The summed E-state index contributed by atoms with van der Waals surface area (Å²) in [5.74, 6) is 0.229. The molecule has 0 saturated heterocycles. The molecule has 9 heteroatoms.